The monoisotopic (exact) mass is 353 g/mol. The highest BCUT2D eigenvalue weighted by Crippen LogP contribution is 2.16. The van der Waals surface area contributed by atoms with Crippen molar-refractivity contribution in [2.24, 2.45) is 0 Å². The average Bonchev–Trinajstić information content (AvgIpc) is 3.19. The Morgan fingerprint density at radius 1 is 1.19 bits per heavy atom. The zero-order valence-electron chi connectivity index (χ0n) is 15.2. The van der Waals surface area contributed by atoms with Crippen LogP contribution < -0.4 is 0 Å². The molecule has 0 aliphatic carbocycles. The average molecular weight is 353 g/mol. The molecule has 3 aromatic rings. The molecule has 1 saturated heterocycles. The van der Waals surface area contributed by atoms with E-state index in [1.165, 1.54) is 0 Å². The summed E-state index contributed by atoms with van der Waals surface area (Å²) in [5.74, 6) is 0.883. The van der Waals surface area contributed by atoms with Gasteiger partial charge in [0.15, 0.2) is 0 Å². The maximum Gasteiger partial charge on any atom is 0.227 e. The van der Waals surface area contributed by atoms with Crippen molar-refractivity contribution in [3.05, 3.63) is 53.2 Å². The van der Waals surface area contributed by atoms with Gasteiger partial charge in [-0.05, 0) is 32.0 Å². The van der Waals surface area contributed by atoms with Crippen molar-refractivity contribution in [1.29, 1.82) is 0 Å². The van der Waals surface area contributed by atoms with Crippen LogP contribution in [0.4, 0.5) is 0 Å². The third kappa shape index (κ3) is 3.35. The maximum absolute atomic E-state index is 12.6. The first kappa shape index (κ1) is 16.8. The minimum atomic E-state index is 0.145. The van der Waals surface area contributed by atoms with Crippen LogP contribution in [-0.4, -0.2) is 56.7 Å². The summed E-state index contributed by atoms with van der Waals surface area (Å²) in [6, 6.07) is 8.17. The predicted octanol–water partition coefficient (Wildman–Crippen LogP) is 1.83. The number of carbonyl (C=O) groups excluding carboxylic acids is 1. The molecule has 1 aliphatic heterocycles. The van der Waals surface area contributed by atoms with E-state index < -0.39 is 0 Å². The molecule has 7 nitrogen and oxygen atoms in total. The molecule has 1 amide bonds. The molecule has 0 radical (unpaired) electrons. The van der Waals surface area contributed by atoms with Gasteiger partial charge in [-0.25, -0.2) is 4.52 Å². The molecular formula is C19H23N5O2. The van der Waals surface area contributed by atoms with Crippen molar-refractivity contribution < 1.29 is 9.32 Å². The molecule has 136 valence electrons. The fourth-order valence-corrected chi connectivity index (χ4v) is 3.47. The zero-order chi connectivity index (χ0) is 18.1. The van der Waals surface area contributed by atoms with Gasteiger partial charge in [0.05, 0.1) is 23.3 Å². The molecule has 0 N–H and O–H groups in total. The van der Waals surface area contributed by atoms with Gasteiger partial charge in [0.25, 0.3) is 0 Å². The van der Waals surface area contributed by atoms with E-state index in [0.29, 0.717) is 6.42 Å². The van der Waals surface area contributed by atoms with Crippen molar-refractivity contribution in [2.45, 2.75) is 26.8 Å². The highest BCUT2D eigenvalue weighted by atomic mass is 16.5. The SMILES string of the molecule is Cc1noc(C)c1CC(=O)N1CCN(Cc2cc3ccccn3n2)CC1. The zero-order valence-corrected chi connectivity index (χ0v) is 15.2. The van der Waals surface area contributed by atoms with Crippen LogP contribution in [-0.2, 0) is 17.8 Å². The Balaban J connectivity index is 1.33. The normalized spacial score (nSPS) is 15.7. The number of nitrogens with zero attached hydrogens (tertiary/aromatic N) is 5. The van der Waals surface area contributed by atoms with Crippen molar-refractivity contribution in [1.82, 2.24) is 24.6 Å². The van der Waals surface area contributed by atoms with Crippen LogP contribution in [0.2, 0.25) is 0 Å². The van der Waals surface area contributed by atoms with Crippen LogP contribution in [0.5, 0.6) is 0 Å². The topological polar surface area (TPSA) is 66.9 Å². The van der Waals surface area contributed by atoms with Gasteiger partial charge in [0, 0.05) is 44.5 Å². The first-order valence-electron chi connectivity index (χ1n) is 8.95. The number of aryl methyl sites for hydroxylation is 2. The molecular weight excluding hydrogens is 330 g/mol. The second-order valence-corrected chi connectivity index (χ2v) is 6.84. The molecule has 0 spiro atoms. The van der Waals surface area contributed by atoms with Gasteiger partial charge in [-0.3, -0.25) is 9.69 Å². The van der Waals surface area contributed by atoms with Crippen molar-refractivity contribution in [2.75, 3.05) is 26.2 Å². The van der Waals surface area contributed by atoms with Crippen molar-refractivity contribution in [3.8, 4) is 0 Å². The van der Waals surface area contributed by atoms with Crippen LogP contribution in [0.15, 0.2) is 35.0 Å². The number of pyridine rings is 1. The number of carbonyl (C=O) groups is 1. The van der Waals surface area contributed by atoms with Crippen LogP contribution in [0.3, 0.4) is 0 Å². The van der Waals surface area contributed by atoms with Gasteiger partial charge in [0.2, 0.25) is 5.91 Å². The van der Waals surface area contributed by atoms with Gasteiger partial charge < -0.3 is 9.42 Å². The number of hydrogen-bond acceptors (Lipinski definition) is 5. The summed E-state index contributed by atoms with van der Waals surface area (Å²) in [5, 5.41) is 8.54. The molecule has 26 heavy (non-hydrogen) atoms. The lowest BCUT2D eigenvalue weighted by Crippen LogP contribution is -2.48. The lowest BCUT2D eigenvalue weighted by Gasteiger charge is -2.34. The first-order chi connectivity index (χ1) is 12.6. The quantitative estimate of drug-likeness (QED) is 0.716. The summed E-state index contributed by atoms with van der Waals surface area (Å²) in [7, 11) is 0. The van der Waals surface area contributed by atoms with E-state index in [1.54, 1.807) is 0 Å². The Labute approximate surface area is 152 Å². The van der Waals surface area contributed by atoms with Crippen LogP contribution in [0.25, 0.3) is 5.52 Å². The predicted molar refractivity (Wildman–Crippen MR) is 96.7 cm³/mol. The number of rotatable bonds is 4. The van der Waals surface area contributed by atoms with Crippen LogP contribution in [0.1, 0.15) is 22.7 Å². The third-order valence-electron chi connectivity index (χ3n) is 5.04. The molecule has 1 aliphatic rings. The summed E-state index contributed by atoms with van der Waals surface area (Å²) >= 11 is 0. The van der Waals surface area contributed by atoms with E-state index in [0.717, 1.165) is 61.0 Å². The Bertz CT molecular complexity index is 869. The lowest BCUT2D eigenvalue weighted by molar-refractivity contribution is -0.132. The first-order valence-corrected chi connectivity index (χ1v) is 8.95. The fraction of sp³-hybridized carbons (Fsp3) is 0.421. The largest absolute Gasteiger partial charge is 0.361 e. The van der Waals surface area contributed by atoms with E-state index in [2.05, 4.69) is 27.3 Å². The lowest BCUT2D eigenvalue weighted by atomic mass is 10.1. The molecule has 1 fully saturated rings. The second kappa shape index (κ2) is 6.92. The molecule has 7 heteroatoms. The van der Waals surface area contributed by atoms with Crippen molar-refractivity contribution >= 4 is 11.4 Å². The molecule has 0 unspecified atom stereocenters. The van der Waals surface area contributed by atoms with Gasteiger partial charge in [-0.2, -0.15) is 5.10 Å². The van der Waals surface area contributed by atoms with E-state index >= 15 is 0 Å². The Hall–Kier alpha value is -2.67. The molecule has 0 aromatic carbocycles. The summed E-state index contributed by atoms with van der Waals surface area (Å²) in [4.78, 5) is 16.9. The van der Waals surface area contributed by atoms with E-state index in [1.807, 2.05) is 41.6 Å². The Kier molecular flexibility index (Phi) is 4.46. The number of amides is 1. The summed E-state index contributed by atoms with van der Waals surface area (Å²) in [5.41, 5.74) is 3.89. The molecule has 0 atom stereocenters. The van der Waals surface area contributed by atoms with E-state index in [-0.39, 0.29) is 5.91 Å². The van der Waals surface area contributed by atoms with Crippen LogP contribution >= 0.6 is 0 Å². The third-order valence-corrected chi connectivity index (χ3v) is 5.04. The highest BCUT2D eigenvalue weighted by molar-refractivity contribution is 5.79. The molecule has 0 saturated carbocycles. The summed E-state index contributed by atoms with van der Waals surface area (Å²) in [6.45, 7) is 7.77. The molecule has 4 heterocycles. The van der Waals surface area contributed by atoms with E-state index in [4.69, 9.17) is 4.52 Å². The van der Waals surface area contributed by atoms with Gasteiger partial charge in [-0.15, -0.1) is 0 Å². The van der Waals surface area contributed by atoms with Gasteiger partial charge in [-0.1, -0.05) is 11.2 Å². The fourth-order valence-electron chi connectivity index (χ4n) is 3.47. The number of aromatic nitrogens is 3. The molecule has 4 rings (SSSR count). The van der Waals surface area contributed by atoms with Crippen molar-refractivity contribution in [3.63, 3.8) is 0 Å². The summed E-state index contributed by atoms with van der Waals surface area (Å²) < 4.78 is 7.06. The smallest absolute Gasteiger partial charge is 0.227 e. The number of hydrogen-bond donors (Lipinski definition) is 0. The highest BCUT2D eigenvalue weighted by Gasteiger charge is 2.23. The van der Waals surface area contributed by atoms with E-state index in [9.17, 15) is 4.79 Å². The summed E-state index contributed by atoms with van der Waals surface area (Å²) in [6.07, 6.45) is 2.33. The minimum Gasteiger partial charge on any atom is -0.361 e. The number of fused-ring (bicyclic) bond motifs is 1. The second-order valence-electron chi connectivity index (χ2n) is 6.84. The molecule has 3 aromatic heterocycles. The number of piperazine rings is 1. The molecule has 0 bridgehead atoms. The van der Waals surface area contributed by atoms with Gasteiger partial charge >= 0.3 is 0 Å². The minimum absolute atomic E-state index is 0.145. The Morgan fingerprint density at radius 2 is 2.00 bits per heavy atom. The Morgan fingerprint density at radius 3 is 2.69 bits per heavy atom. The van der Waals surface area contributed by atoms with Gasteiger partial charge in [0.1, 0.15) is 5.76 Å². The van der Waals surface area contributed by atoms with Crippen LogP contribution in [0, 0.1) is 13.8 Å². The standard InChI is InChI=1S/C19H23N5O2/c1-14-18(15(2)26-21-14)12-19(25)23-9-7-22(8-10-23)13-16-11-17-5-3-4-6-24(17)20-16/h3-6,11H,7-10,12-13H2,1-2H3. The maximum atomic E-state index is 12.6.